The highest BCUT2D eigenvalue weighted by Gasteiger charge is 2.17. The summed E-state index contributed by atoms with van der Waals surface area (Å²) in [6.45, 7) is 6.72. The van der Waals surface area contributed by atoms with Crippen LogP contribution in [0.5, 0.6) is 0 Å². The number of rotatable bonds is 6. The Bertz CT molecular complexity index is 574. The molecule has 1 aliphatic rings. The molecule has 1 heterocycles. The molecule has 0 bridgehead atoms. The summed E-state index contributed by atoms with van der Waals surface area (Å²) >= 11 is 0. The predicted octanol–water partition coefficient (Wildman–Crippen LogP) is 2.06. The van der Waals surface area contributed by atoms with Crippen LogP contribution in [0, 0.1) is 0 Å². The first-order valence-electron chi connectivity index (χ1n) is 8.41. The summed E-state index contributed by atoms with van der Waals surface area (Å²) in [5.74, 6) is 0. The van der Waals surface area contributed by atoms with Gasteiger partial charge in [-0.3, -0.25) is 0 Å². The fraction of sp³-hybridized carbons (Fsp3) is 0.368. The van der Waals surface area contributed by atoms with E-state index in [1.165, 1.54) is 16.9 Å². The van der Waals surface area contributed by atoms with Gasteiger partial charge in [-0.25, -0.2) is 0 Å². The molecule has 0 saturated carbocycles. The Morgan fingerprint density at radius 3 is 1.91 bits per heavy atom. The second-order valence-electron chi connectivity index (χ2n) is 5.94. The zero-order valence-electron chi connectivity index (χ0n) is 13.6. The molecule has 1 aliphatic heterocycles. The summed E-state index contributed by atoms with van der Waals surface area (Å²) in [6.07, 6.45) is 0. The van der Waals surface area contributed by atoms with Crippen molar-refractivity contribution in [2.75, 3.05) is 49.1 Å². The molecule has 4 nitrogen and oxygen atoms in total. The molecule has 3 N–H and O–H groups in total. The molecular formula is C19H26N4. The average Bonchev–Trinajstić information content (AvgIpc) is 2.63. The minimum Gasteiger partial charge on any atom is -0.368 e. The molecular weight excluding hydrogens is 284 g/mol. The number of nitrogens with zero attached hydrogens (tertiary/aromatic N) is 2. The number of hydrogen-bond acceptors (Lipinski definition) is 4. The van der Waals surface area contributed by atoms with E-state index in [1.54, 1.807) is 0 Å². The number of nitrogens with one attached hydrogen (secondary N) is 1. The summed E-state index contributed by atoms with van der Waals surface area (Å²) in [7, 11) is 0. The van der Waals surface area contributed by atoms with E-state index >= 15 is 0 Å². The van der Waals surface area contributed by atoms with Gasteiger partial charge in [-0.2, -0.15) is 0 Å². The summed E-state index contributed by atoms with van der Waals surface area (Å²) in [5, 5.41) is 3.33. The zero-order chi connectivity index (χ0) is 15.9. The molecule has 1 saturated heterocycles. The first kappa shape index (κ1) is 15.8. The Hall–Kier alpha value is -2.04. The van der Waals surface area contributed by atoms with Crippen LogP contribution < -0.4 is 20.9 Å². The molecule has 1 fully saturated rings. The van der Waals surface area contributed by atoms with Crippen molar-refractivity contribution in [1.29, 1.82) is 0 Å². The molecule has 2 aromatic carbocycles. The first-order valence-corrected chi connectivity index (χ1v) is 8.41. The second-order valence-corrected chi connectivity index (χ2v) is 5.94. The van der Waals surface area contributed by atoms with E-state index in [1.807, 2.05) is 0 Å². The molecule has 3 rings (SSSR count). The molecule has 122 valence electrons. The van der Waals surface area contributed by atoms with Crippen LogP contribution in [-0.4, -0.2) is 39.3 Å². The normalized spacial score (nSPS) is 15.0. The van der Waals surface area contributed by atoms with Crippen molar-refractivity contribution < 1.29 is 0 Å². The maximum Gasteiger partial charge on any atom is 0.0367 e. The average molecular weight is 310 g/mol. The van der Waals surface area contributed by atoms with Crippen LogP contribution in [0.3, 0.4) is 0 Å². The third-order valence-corrected chi connectivity index (χ3v) is 4.35. The number of nitrogens with two attached hydrogens (primary N) is 1. The molecule has 4 heteroatoms. The van der Waals surface area contributed by atoms with Gasteiger partial charge in [0.1, 0.15) is 0 Å². The van der Waals surface area contributed by atoms with Crippen LogP contribution >= 0.6 is 0 Å². The molecule has 0 aliphatic carbocycles. The summed E-state index contributed by atoms with van der Waals surface area (Å²) in [6, 6.07) is 19.6. The fourth-order valence-electron chi connectivity index (χ4n) is 3.02. The van der Waals surface area contributed by atoms with Crippen LogP contribution in [0.4, 0.5) is 11.4 Å². The second kappa shape index (κ2) is 7.99. The van der Waals surface area contributed by atoms with Crippen LogP contribution in [0.1, 0.15) is 5.56 Å². The molecule has 0 spiro atoms. The number of piperazine rings is 1. The van der Waals surface area contributed by atoms with Gasteiger partial charge in [0.25, 0.3) is 0 Å². The quantitative estimate of drug-likeness (QED) is 0.802. The van der Waals surface area contributed by atoms with E-state index in [-0.39, 0.29) is 0 Å². The predicted molar refractivity (Wildman–Crippen MR) is 98.1 cm³/mol. The lowest BCUT2D eigenvalue weighted by molar-refractivity contribution is 0.653. The standard InChI is InChI=1S/C19H26N4/c20-10-11-21-16-17-6-8-19(9-7-17)23-14-12-22(13-15-23)18-4-2-1-3-5-18/h1-9,21H,10-16,20H2. The van der Waals surface area contributed by atoms with Crippen LogP contribution in [-0.2, 0) is 6.54 Å². The largest absolute Gasteiger partial charge is 0.368 e. The van der Waals surface area contributed by atoms with Gasteiger partial charge in [0.2, 0.25) is 0 Å². The van der Waals surface area contributed by atoms with E-state index in [4.69, 9.17) is 5.73 Å². The van der Waals surface area contributed by atoms with Crippen LogP contribution in [0.2, 0.25) is 0 Å². The van der Waals surface area contributed by atoms with Gasteiger partial charge in [-0.1, -0.05) is 30.3 Å². The summed E-state index contributed by atoms with van der Waals surface area (Å²) in [4.78, 5) is 4.93. The maximum atomic E-state index is 5.49. The lowest BCUT2D eigenvalue weighted by Gasteiger charge is -2.37. The van der Waals surface area contributed by atoms with Crippen molar-refractivity contribution >= 4 is 11.4 Å². The third kappa shape index (κ3) is 4.24. The van der Waals surface area contributed by atoms with E-state index in [0.29, 0.717) is 6.54 Å². The van der Waals surface area contributed by atoms with Gasteiger partial charge in [-0.15, -0.1) is 0 Å². The number of benzene rings is 2. The molecule has 0 aromatic heterocycles. The summed E-state index contributed by atoms with van der Waals surface area (Å²) in [5.41, 5.74) is 9.45. The minimum absolute atomic E-state index is 0.684. The highest BCUT2D eigenvalue weighted by Crippen LogP contribution is 2.20. The smallest absolute Gasteiger partial charge is 0.0367 e. The lowest BCUT2D eigenvalue weighted by Crippen LogP contribution is -2.46. The lowest BCUT2D eigenvalue weighted by atomic mass is 10.1. The molecule has 2 aromatic rings. The summed E-state index contributed by atoms with van der Waals surface area (Å²) < 4.78 is 0. The SMILES string of the molecule is NCCNCc1ccc(N2CCN(c3ccccc3)CC2)cc1. The van der Waals surface area contributed by atoms with E-state index in [2.05, 4.69) is 69.7 Å². The Morgan fingerprint density at radius 2 is 1.35 bits per heavy atom. The monoisotopic (exact) mass is 310 g/mol. The van der Waals surface area contributed by atoms with Crippen molar-refractivity contribution in [3.05, 3.63) is 60.2 Å². The van der Waals surface area contributed by atoms with Gasteiger partial charge in [0.05, 0.1) is 0 Å². The third-order valence-electron chi connectivity index (χ3n) is 4.35. The minimum atomic E-state index is 0.684. The molecule has 0 atom stereocenters. The van der Waals surface area contributed by atoms with E-state index < -0.39 is 0 Å². The molecule has 0 unspecified atom stereocenters. The fourth-order valence-corrected chi connectivity index (χ4v) is 3.02. The number of para-hydroxylation sites is 1. The Balaban J connectivity index is 1.53. The van der Waals surface area contributed by atoms with Crippen molar-refractivity contribution in [1.82, 2.24) is 5.32 Å². The first-order chi connectivity index (χ1) is 11.4. The van der Waals surface area contributed by atoms with E-state index in [0.717, 1.165) is 39.3 Å². The van der Waals surface area contributed by atoms with Gasteiger partial charge < -0.3 is 20.9 Å². The van der Waals surface area contributed by atoms with Crippen molar-refractivity contribution in [2.24, 2.45) is 5.73 Å². The molecule has 0 amide bonds. The van der Waals surface area contributed by atoms with E-state index in [9.17, 15) is 0 Å². The Morgan fingerprint density at radius 1 is 0.783 bits per heavy atom. The number of anilines is 2. The zero-order valence-corrected chi connectivity index (χ0v) is 13.6. The Labute approximate surface area is 138 Å². The Kier molecular flexibility index (Phi) is 5.51. The number of hydrogen-bond donors (Lipinski definition) is 2. The van der Waals surface area contributed by atoms with Crippen molar-refractivity contribution in [2.45, 2.75) is 6.54 Å². The van der Waals surface area contributed by atoms with Crippen LogP contribution in [0.25, 0.3) is 0 Å². The highest BCUT2D eigenvalue weighted by atomic mass is 15.3. The molecule has 0 radical (unpaired) electrons. The van der Waals surface area contributed by atoms with Crippen LogP contribution in [0.15, 0.2) is 54.6 Å². The van der Waals surface area contributed by atoms with Gasteiger partial charge in [0.15, 0.2) is 0 Å². The van der Waals surface area contributed by atoms with Gasteiger partial charge in [-0.05, 0) is 29.8 Å². The van der Waals surface area contributed by atoms with Gasteiger partial charge in [0, 0.05) is 57.2 Å². The maximum absolute atomic E-state index is 5.49. The van der Waals surface area contributed by atoms with Crippen molar-refractivity contribution in [3.63, 3.8) is 0 Å². The highest BCUT2D eigenvalue weighted by molar-refractivity contribution is 5.52. The molecule has 23 heavy (non-hydrogen) atoms. The van der Waals surface area contributed by atoms with Crippen molar-refractivity contribution in [3.8, 4) is 0 Å². The topological polar surface area (TPSA) is 44.5 Å². The van der Waals surface area contributed by atoms with Gasteiger partial charge >= 0.3 is 0 Å².